The fourth-order valence-corrected chi connectivity index (χ4v) is 3.17. The molecule has 118 valence electrons. The fourth-order valence-electron chi connectivity index (χ4n) is 2.64. The minimum Gasteiger partial charge on any atom is -0.397 e. The Morgan fingerprint density at radius 2 is 1.86 bits per heavy atom. The average molecular weight is 312 g/mol. The third-order valence-electron chi connectivity index (χ3n) is 4.20. The number of benzene rings is 1. The van der Waals surface area contributed by atoms with Crippen molar-refractivity contribution in [3.8, 4) is 0 Å². The van der Waals surface area contributed by atoms with Gasteiger partial charge in [0.25, 0.3) is 0 Å². The number of sulfonamides is 1. The molecule has 1 aliphatic rings. The van der Waals surface area contributed by atoms with Crippen LogP contribution in [0.25, 0.3) is 0 Å². The average Bonchev–Trinajstić information content (AvgIpc) is 2.46. The van der Waals surface area contributed by atoms with Crippen LogP contribution in [0.1, 0.15) is 20.3 Å². The molecule has 2 rings (SSSR count). The van der Waals surface area contributed by atoms with E-state index in [1.54, 1.807) is 12.1 Å². The van der Waals surface area contributed by atoms with Crippen LogP contribution < -0.4 is 15.8 Å². The minimum atomic E-state index is -3.70. The molecule has 7 heteroatoms. The molecule has 4 N–H and O–H groups in total. The highest BCUT2D eigenvalue weighted by Gasteiger charge is 2.22. The largest absolute Gasteiger partial charge is 0.397 e. The summed E-state index contributed by atoms with van der Waals surface area (Å²) in [6, 6.07) is 5.20. The van der Waals surface area contributed by atoms with Gasteiger partial charge in [-0.2, -0.15) is 0 Å². The molecule has 6 nitrogen and oxygen atoms in total. The Balaban J connectivity index is 2.17. The van der Waals surface area contributed by atoms with E-state index in [1.165, 1.54) is 6.07 Å². The summed E-state index contributed by atoms with van der Waals surface area (Å²) >= 11 is 0. The molecule has 1 aromatic carbocycles. The van der Waals surface area contributed by atoms with Gasteiger partial charge in [-0.05, 0) is 31.5 Å². The second-order valence-electron chi connectivity index (χ2n) is 5.55. The summed E-state index contributed by atoms with van der Waals surface area (Å²) in [6.45, 7) is 7.99. The molecule has 0 bridgehead atoms. The lowest BCUT2D eigenvalue weighted by molar-refractivity contribution is 0.193. The van der Waals surface area contributed by atoms with Crippen LogP contribution in [0.4, 0.5) is 11.4 Å². The molecular formula is C14H24N4O2S. The molecule has 1 unspecified atom stereocenters. The van der Waals surface area contributed by atoms with Gasteiger partial charge in [0.1, 0.15) is 0 Å². The van der Waals surface area contributed by atoms with E-state index < -0.39 is 10.0 Å². The zero-order valence-corrected chi connectivity index (χ0v) is 13.4. The van der Waals surface area contributed by atoms with Crippen LogP contribution in [0.3, 0.4) is 0 Å². The zero-order chi connectivity index (χ0) is 15.6. The Kier molecular flexibility index (Phi) is 4.75. The summed E-state index contributed by atoms with van der Waals surface area (Å²) < 4.78 is 22.9. The number of rotatable bonds is 4. The van der Waals surface area contributed by atoms with Crippen molar-refractivity contribution >= 4 is 21.4 Å². The highest BCUT2D eigenvalue weighted by molar-refractivity contribution is 7.89. The molecule has 21 heavy (non-hydrogen) atoms. The lowest BCUT2D eigenvalue weighted by atomic mass is 10.1. The number of anilines is 2. The number of piperazine rings is 1. The predicted octanol–water partition coefficient (Wildman–Crippen LogP) is 0.837. The summed E-state index contributed by atoms with van der Waals surface area (Å²) in [7, 11) is -3.70. The van der Waals surface area contributed by atoms with Crippen molar-refractivity contribution in [2.75, 3.05) is 36.8 Å². The summed E-state index contributed by atoms with van der Waals surface area (Å²) in [6.07, 6.45) is 1.13. The molecule has 0 amide bonds. The number of nitrogen functional groups attached to an aromatic ring is 1. The van der Waals surface area contributed by atoms with Crippen molar-refractivity contribution in [3.05, 3.63) is 18.2 Å². The Labute approximate surface area is 126 Å². The van der Waals surface area contributed by atoms with Crippen LogP contribution in [0.15, 0.2) is 23.1 Å². The van der Waals surface area contributed by atoms with E-state index >= 15 is 0 Å². The maximum atomic E-state index is 11.5. The number of hydrogen-bond donors (Lipinski definition) is 2. The first-order valence-electron chi connectivity index (χ1n) is 7.24. The van der Waals surface area contributed by atoms with Gasteiger partial charge < -0.3 is 10.6 Å². The van der Waals surface area contributed by atoms with Crippen LogP contribution in [-0.2, 0) is 10.0 Å². The van der Waals surface area contributed by atoms with Crippen molar-refractivity contribution < 1.29 is 8.42 Å². The quantitative estimate of drug-likeness (QED) is 0.804. The van der Waals surface area contributed by atoms with Crippen molar-refractivity contribution in [1.29, 1.82) is 0 Å². The van der Waals surface area contributed by atoms with Gasteiger partial charge in [0.15, 0.2) is 0 Å². The van der Waals surface area contributed by atoms with Crippen molar-refractivity contribution in [3.63, 3.8) is 0 Å². The van der Waals surface area contributed by atoms with E-state index in [1.807, 2.05) is 0 Å². The second-order valence-corrected chi connectivity index (χ2v) is 7.11. The van der Waals surface area contributed by atoms with Gasteiger partial charge in [-0.3, -0.25) is 4.90 Å². The smallest absolute Gasteiger partial charge is 0.238 e. The van der Waals surface area contributed by atoms with E-state index in [4.69, 9.17) is 10.9 Å². The normalized spacial score (nSPS) is 18.7. The molecule has 1 fully saturated rings. The van der Waals surface area contributed by atoms with Crippen LogP contribution in [0.2, 0.25) is 0 Å². The lowest BCUT2D eigenvalue weighted by Crippen LogP contribution is -2.49. The summed E-state index contributed by atoms with van der Waals surface area (Å²) in [4.78, 5) is 4.68. The predicted molar refractivity (Wildman–Crippen MR) is 85.8 cm³/mol. The molecule has 1 aromatic rings. The minimum absolute atomic E-state index is 0.107. The Morgan fingerprint density at radius 1 is 1.24 bits per heavy atom. The van der Waals surface area contributed by atoms with Crippen LogP contribution in [0.5, 0.6) is 0 Å². The van der Waals surface area contributed by atoms with Gasteiger partial charge in [-0.1, -0.05) is 6.92 Å². The Morgan fingerprint density at radius 3 is 2.38 bits per heavy atom. The van der Waals surface area contributed by atoms with E-state index in [2.05, 4.69) is 23.6 Å². The third kappa shape index (κ3) is 3.66. The summed E-state index contributed by atoms with van der Waals surface area (Å²) in [5, 5.41) is 5.19. The SMILES string of the molecule is CCC(C)N1CCN(c2cc(S(N)(=O)=O)ccc2N)CC1. The van der Waals surface area contributed by atoms with Crippen LogP contribution in [0, 0.1) is 0 Å². The van der Waals surface area contributed by atoms with Crippen molar-refractivity contribution in [1.82, 2.24) is 4.90 Å². The maximum Gasteiger partial charge on any atom is 0.238 e. The van der Waals surface area contributed by atoms with Crippen molar-refractivity contribution in [2.45, 2.75) is 31.2 Å². The number of hydrogen-bond acceptors (Lipinski definition) is 5. The monoisotopic (exact) mass is 312 g/mol. The van der Waals surface area contributed by atoms with Crippen LogP contribution >= 0.6 is 0 Å². The molecule has 1 saturated heterocycles. The van der Waals surface area contributed by atoms with Gasteiger partial charge >= 0.3 is 0 Å². The standard InChI is InChI=1S/C14H24N4O2S/c1-3-11(2)17-6-8-18(9-7-17)14-10-12(21(16,19)20)4-5-13(14)15/h4-5,10-11H,3,6-9,15H2,1-2H3,(H2,16,19,20). The first-order chi connectivity index (χ1) is 9.82. The topological polar surface area (TPSA) is 92.7 Å². The molecule has 1 aliphatic heterocycles. The summed E-state index contributed by atoms with van der Waals surface area (Å²) in [5.41, 5.74) is 7.33. The molecular weight excluding hydrogens is 288 g/mol. The highest BCUT2D eigenvalue weighted by Crippen LogP contribution is 2.27. The molecule has 0 aromatic heterocycles. The first-order valence-corrected chi connectivity index (χ1v) is 8.79. The van der Waals surface area contributed by atoms with Gasteiger partial charge in [-0.15, -0.1) is 0 Å². The lowest BCUT2D eigenvalue weighted by Gasteiger charge is -2.39. The van der Waals surface area contributed by atoms with Crippen LogP contribution in [-0.4, -0.2) is 45.5 Å². The van der Waals surface area contributed by atoms with Gasteiger partial charge in [0.2, 0.25) is 10.0 Å². The molecule has 0 aliphatic carbocycles. The van der Waals surface area contributed by atoms with E-state index in [0.29, 0.717) is 11.7 Å². The maximum absolute atomic E-state index is 11.5. The molecule has 0 radical (unpaired) electrons. The Bertz CT molecular complexity index is 595. The summed E-state index contributed by atoms with van der Waals surface area (Å²) in [5.74, 6) is 0. The zero-order valence-electron chi connectivity index (χ0n) is 12.6. The first kappa shape index (κ1) is 16.1. The number of primary sulfonamides is 1. The highest BCUT2D eigenvalue weighted by atomic mass is 32.2. The van der Waals surface area contributed by atoms with Gasteiger partial charge in [-0.25, -0.2) is 13.6 Å². The van der Waals surface area contributed by atoms with E-state index in [9.17, 15) is 8.42 Å². The fraction of sp³-hybridized carbons (Fsp3) is 0.571. The van der Waals surface area contributed by atoms with Gasteiger partial charge in [0, 0.05) is 32.2 Å². The molecule has 1 atom stereocenters. The van der Waals surface area contributed by atoms with Gasteiger partial charge in [0.05, 0.1) is 16.3 Å². The molecule has 0 saturated carbocycles. The molecule has 0 spiro atoms. The van der Waals surface area contributed by atoms with E-state index in [-0.39, 0.29) is 4.90 Å². The number of nitrogens with two attached hydrogens (primary N) is 2. The number of nitrogens with zero attached hydrogens (tertiary/aromatic N) is 2. The van der Waals surface area contributed by atoms with Crippen molar-refractivity contribution in [2.24, 2.45) is 5.14 Å². The van der Waals surface area contributed by atoms with E-state index in [0.717, 1.165) is 38.3 Å². The Hall–Kier alpha value is -1.31. The second kappa shape index (κ2) is 6.21. The third-order valence-corrected chi connectivity index (χ3v) is 5.11. The molecule has 1 heterocycles.